The summed E-state index contributed by atoms with van der Waals surface area (Å²) in [5.74, 6) is -3.38. The molecule has 11 heteroatoms. The van der Waals surface area contributed by atoms with Gasteiger partial charge in [-0.05, 0) is 44.4 Å². The van der Waals surface area contributed by atoms with Crippen molar-refractivity contribution in [1.82, 2.24) is 21.3 Å². The molecule has 4 atom stereocenters. The molecule has 214 valence electrons. The number of methoxy groups -OCH3 is 1. The first-order chi connectivity index (χ1) is 16.8. The number of carbonyl (C=O) groups is 5. The van der Waals surface area contributed by atoms with Crippen LogP contribution in [0, 0.1) is 23.7 Å². The van der Waals surface area contributed by atoms with E-state index in [4.69, 9.17) is 9.47 Å². The molecule has 0 rings (SSSR count). The van der Waals surface area contributed by atoms with E-state index in [9.17, 15) is 24.0 Å². The fourth-order valence-corrected chi connectivity index (χ4v) is 3.39. The van der Waals surface area contributed by atoms with Gasteiger partial charge in [0.05, 0.1) is 7.11 Å². The molecule has 4 unspecified atom stereocenters. The van der Waals surface area contributed by atoms with Crippen molar-refractivity contribution in [3.63, 3.8) is 0 Å². The summed E-state index contributed by atoms with van der Waals surface area (Å²) >= 11 is 0. The summed E-state index contributed by atoms with van der Waals surface area (Å²) in [5.41, 5.74) is -0.739. The van der Waals surface area contributed by atoms with Crippen LogP contribution in [-0.2, 0) is 28.7 Å². The second-order valence-electron chi connectivity index (χ2n) is 11.6. The first-order valence-electron chi connectivity index (χ1n) is 12.8. The molecule has 0 aromatic carbocycles. The molecule has 0 bridgehead atoms. The van der Waals surface area contributed by atoms with Crippen LogP contribution in [0.4, 0.5) is 4.79 Å². The Morgan fingerprint density at radius 3 is 1.11 bits per heavy atom. The molecule has 37 heavy (non-hydrogen) atoms. The van der Waals surface area contributed by atoms with Crippen LogP contribution in [0.1, 0.15) is 76.2 Å². The Morgan fingerprint density at radius 1 is 0.541 bits per heavy atom. The number of esters is 1. The Labute approximate surface area is 221 Å². The van der Waals surface area contributed by atoms with Crippen molar-refractivity contribution in [3.05, 3.63) is 0 Å². The first kappa shape index (κ1) is 34.1. The first-order valence-corrected chi connectivity index (χ1v) is 12.8. The summed E-state index contributed by atoms with van der Waals surface area (Å²) in [7, 11) is 1.24. The van der Waals surface area contributed by atoms with E-state index in [2.05, 4.69) is 21.3 Å². The van der Waals surface area contributed by atoms with E-state index < -0.39 is 59.6 Å². The average molecular weight is 529 g/mol. The van der Waals surface area contributed by atoms with Gasteiger partial charge in [-0.1, -0.05) is 55.4 Å². The largest absolute Gasteiger partial charge is 0.467 e. The summed E-state index contributed by atoms with van der Waals surface area (Å²) in [4.78, 5) is 63.7. The van der Waals surface area contributed by atoms with E-state index in [1.807, 2.05) is 0 Å². The van der Waals surface area contributed by atoms with Gasteiger partial charge in [-0.2, -0.15) is 0 Å². The Morgan fingerprint density at radius 2 is 0.838 bits per heavy atom. The summed E-state index contributed by atoms with van der Waals surface area (Å²) in [6, 6.07) is -3.76. The molecule has 4 amide bonds. The molecule has 0 radical (unpaired) electrons. The molecule has 0 aliphatic carbocycles. The maximum absolute atomic E-state index is 13.2. The molecule has 0 aromatic rings. The minimum absolute atomic E-state index is 0.229. The fraction of sp³-hybridized carbons (Fsp3) is 0.808. The van der Waals surface area contributed by atoms with Gasteiger partial charge >= 0.3 is 12.1 Å². The van der Waals surface area contributed by atoms with Crippen molar-refractivity contribution >= 4 is 29.8 Å². The molecule has 11 nitrogen and oxygen atoms in total. The third-order valence-corrected chi connectivity index (χ3v) is 5.53. The van der Waals surface area contributed by atoms with Crippen LogP contribution >= 0.6 is 0 Å². The molecule has 0 fully saturated rings. The van der Waals surface area contributed by atoms with Gasteiger partial charge in [0.2, 0.25) is 17.7 Å². The molecule has 0 aliphatic rings. The lowest BCUT2D eigenvalue weighted by Gasteiger charge is -2.30. The van der Waals surface area contributed by atoms with Crippen LogP contribution in [0.5, 0.6) is 0 Å². The van der Waals surface area contributed by atoms with Crippen LogP contribution < -0.4 is 21.3 Å². The summed E-state index contributed by atoms with van der Waals surface area (Å²) in [5, 5.41) is 10.7. The molecule has 4 N–H and O–H groups in total. The number of ether oxygens (including phenoxy) is 2. The lowest BCUT2D eigenvalue weighted by atomic mass is 9.97. The zero-order valence-electron chi connectivity index (χ0n) is 24.5. The van der Waals surface area contributed by atoms with Gasteiger partial charge in [0.15, 0.2) is 0 Å². The third kappa shape index (κ3) is 11.8. The SMILES string of the molecule is COC(=O)C(NC(=O)C(NC(=O)C(NC(=O)C(NC(=O)OC(C)(C)C)C(C)C)C(C)C)C(C)C)C(C)C. The quantitative estimate of drug-likeness (QED) is 0.283. The Kier molecular flexibility index (Phi) is 13.6. The number of alkyl carbamates (subject to hydrolysis) is 1. The number of amides is 4. The molecule has 0 heterocycles. The normalized spacial score (nSPS) is 15.0. The molecule has 0 spiro atoms. The average Bonchev–Trinajstić information content (AvgIpc) is 2.74. The predicted octanol–water partition coefficient (Wildman–Crippen LogP) is 2.13. The van der Waals surface area contributed by atoms with Gasteiger partial charge in [0.1, 0.15) is 29.8 Å². The van der Waals surface area contributed by atoms with Crippen molar-refractivity contribution < 1.29 is 33.4 Å². The van der Waals surface area contributed by atoms with Gasteiger partial charge in [-0.15, -0.1) is 0 Å². The Balaban J connectivity index is 5.64. The minimum Gasteiger partial charge on any atom is -0.467 e. The highest BCUT2D eigenvalue weighted by Crippen LogP contribution is 2.12. The maximum atomic E-state index is 13.2. The number of rotatable bonds is 12. The Bertz CT molecular complexity index is 803. The second-order valence-corrected chi connectivity index (χ2v) is 11.6. The highest BCUT2D eigenvalue weighted by atomic mass is 16.6. The monoisotopic (exact) mass is 528 g/mol. The van der Waals surface area contributed by atoms with Crippen molar-refractivity contribution in [1.29, 1.82) is 0 Å². The van der Waals surface area contributed by atoms with Gasteiger partial charge in [0, 0.05) is 0 Å². The molecular formula is C26H48N4O7. The van der Waals surface area contributed by atoms with Crippen molar-refractivity contribution in [3.8, 4) is 0 Å². The third-order valence-electron chi connectivity index (χ3n) is 5.53. The van der Waals surface area contributed by atoms with Gasteiger partial charge in [-0.3, -0.25) is 14.4 Å². The zero-order valence-corrected chi connectivity index (χ0v) is 24.5. The predicted molar refractivity (Wildman–Crippen MR) is 140 cm³/mol. The van der Waals surface area contributed by atoms with E-state index in [-0.39, 0.29) is 23.7 Å². The Hall–Kier alpha value is -2.85. The number of hydrogen-bond donors (Lipinski definition) is 4. The van der Waals surface area contributed by atoms with Crippen molar-refractivity contribution in [2.75, 3.05) is 7.11 Å². The van der Waals surface area contributed by atoms with E-state index in [0.717, 1.165) is 0 Å². The van der Waals surface area contributed by atoms with Crippen molar-refractivity contribution in [2.45, 2.75) is 106 Å². The molecule has 0 aliphatic heterocycles. The van der Waals surface area contributed by atoms with Crippen LogP contribution in [-0.4, -0.2) is 66.7 Å². The lowest BCUT2D eigenvalue weighted by Crippen LogP contribution is -2.61. The summed E-state index contributed by atoms with van der Waals surface area (Å²) in [6.45, 7) is 19.2. The van der Waals surface area contributed by atoms with E-state index in [1.54, 1.807) is 76.2 Å². The van der Waals surface area contributed by atoms with Crippen LogP contribution in [0.2, 0.25) is 0 Å². The highest BCUT2D eigenvalue weighted by Gasteiger charge is 2.35. The second kappa shape index (κ2) is 14.8. The van der Waals surface area contributed by atoms with E-state index >= 15 is 0 Å². The zero-order chi connectivity index (χ0) is 29.2. The fourth-order valence-electron chi connectivity index (χ4n) is 3.39. The number of hydrogen-bond acceptors (Lipinski definition) is 7. The van der Waals surface area contributed by atoms with Gasteiger partial charge in [-0.25, -0.2) is 9.59 Å². The lowest BCUT2D eigenvalue weighted by molar-refractivity contribution is -0.147. The minimum atomic E-state index is -0.982. The molecular weight excluding hydrogens is 480 g/mol. The molecule has 0 saturated heterocycles. The van der Waals surface area contributed by atoms with Crippen LogP contribution in [0.25, 0.3) is 0 Å². The van der Waals surface area contributed by atoms with Crippen LogP contribution in [0.3, 0.4) is 0 Å². The standard InChI is InChI=1S/C26H48N4O7/c1-13(2)17(28-23(33)19(15(5)6)30-25(35)37-26(9,10)11)21(31)27-18(14(3)4)22(32)29-20(16(7)8)24(34)36-12/h13-20H,1-12H3,(H,27,31)(H,28,33)(H,29,32)(H,30,35). The smallest absolute Gasteiger partial charge is 0.408 e. The molecule has 0 saturated carbocycles. The van der Waals surface area contributed by atoms with Gasteiger partial charge < -0.3 is 30.7 Å². The van der Waals surface area contributed by atoms with Gasteiger partial charge in [0.25, 0.3) is 0 Å². The molecule has 0 aromatic heterocycles. The summed E-state index contributed by atoms with van der Waals surface area (Å²) in [6.07, 6.45) is -0.742. The maximum Gasteiger partial charge on any atom is 0.408 e. The van der Waals surface area contributed by atoms with E-state index in [0.29, 0.717) is 0 Å². The number of carbonyl (C=O) groups excluding carboxylic acids is 5. The van der Waals surface area contributed by atoms with E-state index in [1.165, 1.54) is 7.11 Å². The topological polar surface area (TPSA) is 152 Å². The van der Waals surface area contributed by atoms with Crippen LogP contribution in [0.15, 0.2) is 0 Å². The number of nitrogens with one attached hydrogen (secondary N) is 4. The van der Waals surface area contributed by atoms with Crippen molar-refractivity contribution in [2.24, 2.45) is 23.7 Å². The highest BCUT2D eigenvalue weighted by molar-refractivity contribution is 5.95. The summed E-state index contributed by atoms with van der Waals surface area (Å²) < 4.78 is 10.0.